The zero-order valence-corrected chi connectivity index (χ0v) is 20.9. The van der Waals surface area contributed by atoms with Crippen molar-refractivity contribution in [2.24, 2.45) is 0 Å². The zero-order valence-electron chi connectivity index (χ0n) is 19.3. The van der Waals surface area contributed by atoms with Crippen molar-refractivity contribution in [3.8, 4) is 11.1 Å². The lowest BCUT2D eigenvalue weighted by atomic mass is 10.0. The first kappa shape index (κ1) is 24.8. The van der Waals surface area contributed by atoms with Crippen LogP contribution in [0.3, 0.4) is 0 Å². The minimum atomic E-state index is -4.10. The summed E-state index contributed by atoms with van der Waals surface area (Å²) in [5, 5.41) is 0.219. The Hall–Kier alpha value is -3.34. The van der Waals surface area contributed by atoms with Gasteiger partial charge in [-0.25, -0.2) is 17.8 Å². The van der Waals surface area contributed by atoms with Crippen LogP contribution in [0.25, 0.3) is 22.0 Å². The summed E-state index contributed by atoms with van der Waals surface area (Å²) in [5.41, 5.74) is 2.34. The maximum atomic E-state index is 13.4. The Morgan fingerprint density at radius 1 is 1.09 bits per heavy atom. The topological polar surface area (TPSA) is 97.2 Å². The lowest BCUT2D eigenvalue weighted by Gasteiger charge is -2.13. The van der Waals surface area contributed by atoms with Crippen LogP contribution in [0.4, 0.5) is 10.1 Å². The van der Waals surface area contributed by atoms with Gasteiger partial charge in [0.1, 0.15) is 10.7 Å². The van der Waals surface area contributed by atoms with Crippen LogP contribution in [0, 0.1) is 12.7 Å². The fraction of sp³-hybridized carbons (Fsp3) is 0.208. The molecule has 4 aromatic rings. The molecule has 2 aromatic heterocycles. The maximum absolute atomic E-state index is 13.4. The van der Waals surface area contributed by atoms with E-state index in [-0.39, 0.29) is 21.2 Å². The van der Waals surface area contributed by atoms with E-state index in [9.17, 15) is 17.6 Å². The van der Waals surface area contributed by atoms with Crippen molar-refractivity contribution >= 4 is 38.2 Å². The average Bonchev–Trinajstić information content (AvgIpc) is 2.79. The number of hydrogen-bond donors (Lipinski definition) is 1. The van der Waals surface area contributed by atoms with Crippen LogP contribution in [0.1, 0.15) is 5.69 Å². The fourth-order valence-electron chi connectivity index (χ4n) is 3.49. The number of likely N-dealkylation sites (N-methyl/N-ethyl adjacent to an activating group) is 1. The standard InChI is InChI=1S/C24H23ClFN5O3S/c1-15-22(29-35(33,34)23-7-5-18(26)12-20(23)25)11-17(13-27-15)16-4-6-21-19(10-16)24(32)31(14-28-21)9-8-30(2)3/h4-7,10-14,29H,8-9H2,1-3H3. The molecular formula is C24H23ClFN5O3S. The summed E-state index contributed by atoms with van der Waals surface area (Å²) in [7, 11) is -0.242. The molecular weight excluding hydrogens is 493 g/mol. The average molecular weight is 516 g/mol. The lowest BCUT2D eigenvalue weighted by molar-refractivity contribution is 0.380. The summed E-state index contributed by atoms with van der Waals surface area (Å²) < 4.78 is 43.2. The number of rotatable bonds is 7. The van der Waals surface area contributed by atoms with Gasteiger partial charge in [-0.2, -0.15) is 0 Å². The molecule has 8 nitrogen and oxygen atoms in total. The Morgan fingerprint density at radius 2 is 1.86 bits per heavy atom. The third-order valence-electron chi connectivity index (χ3n) is 5.46. The molecule has 4 rings (SSSR count). The van der Waals surface area contributed by atoms with E-state index in [0.717, 1.165) is 18.2 Å². The van der Waals surface area contributed by atoms with Gasteiger partial charge in [0.2, 0.25) is 0 Å². The number of sulfonamides is 1. The third kappa shape index (κ3) is 5.34. The molecule has 35 heavy (non-hydrogen) atoms. The lowest BCUT2D eigenvalue weighted by Crippen LogP contribution is -2.26. The van der Waals surface area contributed by atoms with E-state index in [1.165, 1.54) is 6.33 Å². The molecule has 0 atom stereocenters. The number of aryl methyl sites for hydroxylation is 1. The Balaban J connectivity index is 1.71. The Labute approximate surface area is 207 Å². The Kier molecular flexibility index (Phi) is 6.88. The van der Waals surface area contributed by atoms with Gasteiger partial charge < -0.3 is 4.90 Å². The van der Waals surface area contributed by atoms with Crippen molar-refractivity contribution in [3.05, 3.63) is 81.9 Å². The van der Waals surface area contributed by atoms with Gasteiger partial charge >= 0.3 is 0 Å². The minimum absolute atomic E-state index is 0.161. The third-order valence-corrected chi connectivity index (χ3v) is 7.31. The van der Waals surface area contributed by atoms with Gasteiger partial charge in [-0.05, 0) is 63.0 Å². The van der Waals surface area contributed by atoms with E-state index in [1.807, 2.05) is 19.0 Å². The number of halogens is 2. The number of fused-ring (bicyclic) bond motifs is 1. The van der Waals surface area contributed by atoms with Crippen LogP contribution in [-0.2, 0) is 16.6 Å². The molecule has 11 heteroatoms. The Bertz CT molecular complexity index is 1590. The smallest absolute Gasteiger partial charge is 0.263 e. The molecule has 182 valence electrons. The van der Waals surface area contributed by atoms with Crippen LogP contribution in [-0.4, -0.2) is 48.5 Å². The van der Waals surface area contributed by atoms with Crippen molar-refractivity contribution in [2.75, 3.05) is 25.4 Å². The Morgan fingerprint density at radius 3 is 2.57 bits per heavy atom. The number of aromatic nitrogens is 3. The van der Waals surface area contributed by atoms with E-state index >= 15 is 0 Å². The van der Waals surface area contributed by atoms with Gasteiger partial charge in [0, 0.05) is 24.8 Å². The first-order valence-corrected chi connectivity index (χ1v) is 12.5. The molecule has 0 bridgehead atoms. The molecule has 2 aromatic carbocycles. The van der Waals surface area contributed by atoms with E-state index < -0.39 is 15.8 Å². The largest absolute Gasteiger partial charge is 0.308 e. The van der Waals surface area contributed by atoms with Gasteiger partial charge in [-0.3, -0.25) is 19.1 Å². The molecule has 0 saturated heterocycles. The van der Waals surface area contributed by atoms with E-state index in [0.29, 0.717) is 40.8 Å². The molecule has 0 aliphatic carbocycles. The van der Waals surface area contributed by atoms with Crippen molar-refractivity contribution in [3.63, 3.8) is 0 Å². The summed E-state index contributed by atoms with van der Waals surface area (Å²) in [4.78, 5) is 23.4. The fourth-order valence-corrected chi connectivity index (χ4v) is 5.13. The van der Waals surface area contributed by atoms with Gasteiger partial charge in [-0.15, -0.1) is 0 Å². The van der Waals surface area contributed by atoms with Crippen molar-refractivity contribution < 1.29 is 12.8 Å². The number of nitrogens with one attached hydrogen (secondary N) is 1. The molecule has 0 aliphatic rings. The normalized spacial score (nSPS) is 11.8. The summed E-state index contributed by atoms with van der Waals surface area (Å²) in [6, 6.07) is 9.94. The SMILES string of the molecule is Cc1ncc(-c2ccc3ncn(CCN(C)C)c(=O)c3c2)cc1NS(=O)(=O)c1ccc(F)cc1Cl. The summed E-state index contributed by atoms with van der Waals surface area (Å²) in [6.07, 6.45) is 3.13. The molecule has 0 saturated carbocycles. The van der Waals surface area contributed by atoms with Crippen LogP contribution >= 0.6 is 11.6 Å². The van der Waals surface area contributed by atoms with E-state index in [4.69, 9.17) is 11.6 Å². The molecule has 2 heterocycles. The van der Waals surface area contributed by atoms with E-state index in [2.05, 4.69) is 14.7 Å². The second-order valence-corrected chi connectivity index (χ2v) is 10.4. The first-order chi connectivity index (χ1) is 16.5. The van der Waals surface area contributed by atoms with Crippen molar-refractivity contribution in [1.82, 2.24) is 19.4 Å². The maximum Gasteiger partial charge on any atom is 0.263 e. The van der Waals surface area contributed by atoms with Gasteiger partial charge in [0.25, 0.3) is 15.6 Å². The van der Waals surface area contributed by atoms with Crippen molar-refractivity contribution in [2.45, 2.75) is 18.4 Å². The number of pyridine rings is 1. The number of nitrogens with zero attached hydrogens (tertiary/aromatic N) is 4. The van der Waals surface area contributed by atoms with E-state index in [1.54, 1.807) is 42.0 Å². The highest BCUT2D eigenvalue weighted by molar-refractivity contribution is 7.92. The highest BCUT2D eigenvalue weighted by Gasteiger charge is 2.20. The summed E-state index contributed by atoms with van der Waals surface area (Å²) >= 11 is 5.95. The van der Waals surface area contributed by atoms with Crippen LogP contribution in [0.5, 0.6) is 0 Å². The molecule has 0 aliphatic heterocycles. The molecule has 0 amide bonds. The number of benzene rings is 2. The highest BCUT2D eigenvalue weighted by Crippen LogP contribution is 2.29. The summed E-state index contributed by atoms with van der Waals surface area (Å²) in [6.45, 7) is 2.85. The summed E-state index contributed by atoms with van der Waals surface area (Å²) in [5.74, 6) is -0.639. The predicted octanol–water partition coefficient (Wildman–Crippen LogP) is 3.92. The minimum Gasteiger partial charge on any atom is -0.308 e. The molecule has 0 fully saturated rings. The number of anilines is 1. The van der Waals surface area contributed by atoms with Crippen LogP contribution < -0.4 is 10.3 Å². The second kappa shape index (κ2) is 9.73. The van der Waals surface area contributed by atoms with Gasteiger partial charge in [0.05, 0.1) is 33.6 Å². The quantitative estimate of drug-likeness (QED) is 0.400. The molecule has 0 radical (unpaired) electrons. The molecule has 1 N–H and O–H groups in total. The first-order valence-electron chi connectivity index (χ1n) is 10.6. The predicted molar refractivity (Wildman–Crippen MR) is 135 cm³/mol. The molecule has 0 unspecified atom stereocenters. The zero-order chi connectivity index (χ0) is 25.3. The second-order valence-electron chi connectivity index (χ2n) is 8.32. The monoisotopic (exact) mass is 515 g/mol. The van der Waals surface area contributed by atoms with Crippen molar-refractivity contribution in [1.29, 1.82) is 0 Å². The van der Waals surface area contributed by atoms with Crippen LogP contribution in [0.15, 0.2) is 64.7 Å². The van der Waals surface area contributed by atoms with Gasteiger partial charge in [0.15, 0.2) is 0 Å². The van der Waals surface area contributed by atoms with Gasteiger partial charge in [-0.1, -0.05) is 17.7 Å². The highest BCUT2D eigenvalue weighted by atomic mass is 35.5. The molecule has 0 spiro atoms. The number of hydrogen-bond acceptors (Lipinski definition) is 6. The van der Waals surface area contributed by atoms with Crippen LogP contribution in [0.2, 0.25) is 5.02 Å².